The van der Waals surface area contributed by atoms with Crippen LogP contribution in [0, 0.1) is 0 Å². The quantitative estimate of drug-likeness (QED) is 0.521. The number of carbonyl (C=O) groups excluding carboxylic acids is 1. The van der Waals surface area contributed by atoms with Crippen molar-refractivity contribution in [1.82, 2.24) is 25.3 Å². The van der Waals surface area contributed by atoms with Gasteiger partial charge >= 0.3 is 0 Å². The number of ether oxygens (including phenoxy) is 1. The second-order valence-electron chi connectivity index (χ2n) is 5.69. The first-order valence-electron chi connectivity index (χ1n) is 8.12. The van der Waals surface area contributed by atoms with E-state index < -0.39 is 0 Å². The maximum atomic E-state index is 12.2. The molecule has 0 aliphatic rings. The zero-order valence-corrected chi connectivity index (χ0v) is 13.7. The number of hydrogen-bond donors (Lipinski definition) is 3. The van der Waals surface area contributed by atoms with Crippen LogP contribution in [0.3, 0.4) is 0 Å². The van der Waals surface area contributed by atoms with E-state index in [4.69, 9.17) is 4.74 Å². The van der Waals surface area contributed by atoms with Crippen LogP contribution in [0.15, 0.2) is 42.9 Å². The molecule has 0 bridgehead atoms. The minimum absolute atomic E-state index is 0.174. The summed E-state index contributed by atoms with van der Waals surface area (Å²) in [5.74, 6) is 0.811. The highest BCUT2D eigenvalue weighted by Gasteiger charge is 2.15. The van der Waals surface area contributed by atoms with Crippen molar-refractivity contribution in [1.29, 1.82) is 0 Å². The van der Waals surface area contributed by atoms with E-state index >= 15 is 0 Å². The second kappa shape index (κ2) is 6.27. The lowest BCUT2D eigenvalue weighted by molar-refractivity contribution is 0.0955. The van der Waals surface area contributed by atoms with Crippen molar-refractivity contribution in [3.63, 3.8) is 0 Å². The molecule has 0 unspecified atom stereocenters. The molecule has 7 nitrogen and oxygen atoms in total. The first-order valence-corrected chi connectivity index (χ1v) is 8.12. The summed E-state index contributed by atoms with van der Waals surface area (Å²) in [6.07, 6.45) is 5.90. The Morgan fingerprint density at radius 3 is 3.08 bits per heavy atom. The van der Waals surface area contributed by atoms with Gasteiger partial charge < -0.3 is 20.0 Å². The molecule has 3 N–H and O–H groups in total. The first-order chi connectivity index (χ1) is 12.2. The molecule has 1 aromatic carbocycles. The van der Waals surface area contributed by atoms with Crippen molar-refractivity contribution in [2.45, 2.75) is 13.3 Å². The topological polar surface area (TPSA) is 95.7 Å². The largest absolute Gasteiger partial charge is 0.437 e. The van der Waals surface area contributed by atoms with Crippen LogP contribution in [0.4, 0.5) is 0 Å². The van der Waals surface area contributed by atoms with E-state index in [2.05, 4.69) is 25.3 Å². The zero-order chi connectivity index (χ0) is 17.2. The number of hydrogen-bond acceptors (Lipinski definition) is 4. The first kappa shape index (κ1) is 15.2. The zero-order valence-electron chi connectivity index (χ0n) is 13.7. The van der Waals surface area contributed by atoms with Crippen LogP contribution < -0.4 is 10.1 Å². The molecule has 25 heavy (non-hydrogen) atoms. The summed E-state index contributed by atoms with van der Waals surface area (Å²) in [7, 11) is 0. The molecule has 0 radical (unpaired) electrons. The monoisotopic (exact) mass is 335 g/mol. The maximum absolute atomic E-state index is 12.2. The van der Waals surface area contributed by atoms with Crippen LogP contribution in [0.1, 0.15) is 23.7 Å². The molecule has 0 aliphatic heterocycles. The summed E-state index contributed by atoms with van der Waals surface area (Å²) in [5, 5.41) is 3.95. The number of aromatic nitrogens is 4. The fourth-order valence-corrected chi connectivity index (χ4v) is 2.64. The number of carbonyl (C=O) groups is 1. The smallest absolute Gasteiger partial charge is 0.255 e. The Morgan fingerprint density at radius 1 is 1.28 bits per heavy atom. The molecule has 1 amide bonds. The summed E-state index contributed by atoms with van der Waals surface area (Å²) < 4.78 is 5.81. The van der Waals surface area contributed by atoms with Crippen LogP contribution in [0.25, 0.3) is 22.1 Å². The van der Waals surface area contributed by atoms with Crippen LogP contribution >= 0.6 is 0 Å². The Bertz CT molecular complexity index is 1050. The number of H-pyrrole nitrogens is 2. The van der Waals surface area contributed by atoms with E-state index in [0.717, 1.165) is 17.3 Å². The Kier molecular flexibility index (Phi) is 3.81. The molecular weight excluding hydrogens is 318 g/mol. The molecule has 0 spiro atoms. The third-order valence-corrected chi connectivity index (χ3v) is 3.89. The van der Waals surface area contributed by atoms with Crippen molar-refractivity contribution >= 4 is 28.0 Å². The van der Waals surface area contributed by atoms with Gasteiger partial charge in [0.05, 0.1) is 11.8 Å². The SMILES string of the molecule is CCCNC(=O)c1c[nH]c2ncc(Oc3ccc4cc[nH]c4c3)nc12. The van der Waals surface area contributed by atoms with Crippen LogP contribution in [-0.4, -0.2) is 32.4 Å². The number of aromatic amines is 2. The molecule has 0 aliphatic carbocycles. The Balaban J connectivity index is 1.64. The number of fused-ring (bicyclic) bond motifs is 2. The number of rotatable bonds is 5. The van der Waals surface area contributed by atoms with Crippen LogP contribution in [0.5, 0.6) is 11.6 Å². The molecule has 3 heterocycles. The van der Waals surface area contributed by atoms with Crippen molar-refractivity contribution < 1.29 is 9.53 Å². The summed E-state index contributed by atoms with van der Waals surface area (Å²) in [5.41, 5.74) is 2.48. The fourth-order valence-electron chi connectivity index (χ4n) is 2.64. The van der Waals surface area contributed by atoms with Crippen molar-refractivity contribution in [2.75, 3.05) is 6.54 Å². The highest BCUT2D eigenvalue weighted by Crippen LogP contribution is 2.25. The molecule has 0 saturated heterocycles. The number of nitrogens with one attached hydrogen (secondary N) is 3. The predicted octanol–water partition coefficient (Wildman–Crippen LogP) is 3.37. The predicted molar refractivity (Wildman–Crippen MR) is 94.9 cm³/mol. The van der Waals surface area contributed by atoms with Gasteiger partial charge in [-0.1, -0.05) is 6.92 Å². The van der Waals surface area contributed by atoms with Crippen molar-refractivity contribution in [3.05, 3.63) is 48.4 Å². The van der Waals surface area contributed by atoms with Gasteiger partial charge in [0.25, 0.3) is 5.91 Å². The van der Waals surface area contributed by atoms with Gasteiger partial charge in [0.2, 0.25) is 5.88 Å². The summed E-state index contributed by atoms with van der Waals surface area (Å²) in [4.78, 5) is 27.0. The number of amides is 1. The van der Waals surface area contributed by atoms with Gasteiger partial charge in [-0.3, -0.25) is 4.79 Å². The van der Waals surface area contributed by atoms with E-state index in [9.17, 15) is 4.79 Å². The molecule has 4 aromatic rings. The molecule has 7 heteroatoms. The van der Waals surface area contributed by atoms with Gasteiger partial charge in [-0.15, -0.1) is 0 Å². The minimum atomic E-state index is -0.174. The minimum Gasteiger partial charge on any atom is -0.437 e. The molecule has 126 valence electrons. The second-order valence-corrected chi connectivity index (χ2v) is 5.69. The summed E-state index contributed by atoms with van der Waals surface area (Å²) in [6, 6.07) is 7.72. The standard InChI is InChI=1S/C18H17N5O2/c1-2-6-20-18(24)13-9-21-17-16(13)23-15(10-22-17)25-12-4-3-11-5-7-19-14(11)8-12/h3-5,7-10,19H,2,6H2,1H3,(H,20,24)(H,21,22). The molecule has 3 aromatic heterocycles. The third-order valence-electron chi connectivity index (χ3n) is 3.89. The van der Waals surface area contributed by atoms with Gasteiger partial charge in [0, 0.05) is 30.5 Å². The van der Waals surface area contributed by atoms with Gasteiger partial charge in [0.15, 0.2) is 5.65 Å². The van der Waals surface area contributed by atoms with E-state index in [1.807, 2.05) is 37.4 Å². The number of benzene rings is 1. The maximum Gasteiger partial charge on any atom is 0.255 e. The van der Waals surface area contributed by atoms with Crippen molar-refractivity contribution in [3.8, 4) is 11.6 Å². The highest BCUT2D eigenvalue weighted by atomic mass is 16.5. The fraction of sp³-hybridized carbons (Fsp3) is 0.167. The average Bonchev–Trinajstić information content (AvgIpc) is 3.25. The summed E-state index contributed by atoms with van der Waals surface area (Å²) in [6.45, 7) is 2.62. The molecule has 4 rings (SSSR count). The molecular formula is C18H17N5O2. The molecule has 0 saturated carbocycles. The van der Waals surface area contributed by atoms with Gasteiger partial charge in [-0.2, -0.15) is 0 Å². The van der Waals surface area contributed by atoms with E-state index in [1.165, 1.54) is 6.20 Å². The van der Waals surface area contributed by atoms with Crippen LogP contribution in [0.2, 0.25) is 0 Å². The summed E-state index contributed by atoms with van der Waals surface area (Å²) >= 11 is 0. The average molecular weight is 335 g/mol. The van der Waals surface area contributed by atoms with E-state index in [-0.39, 0.29) is 5.91 Å². The van der Waals surface area contributed by atoms with E-state index in [0.29, 0.717) is 34.9 Å². The van der Waals surface area contributed by atoms with Crippen molar-refractivity contribution in [2.24, 2.45) is 0 Å². The van der Waals surface area contributed by atoms with Gasteiger partial charge in [0.1, 0.15) is 11.3 Å². The Morgan fingerprint density at radius 2 is 2.20 bits per heavy atom. The molecule has 0 fully saturated rings. The van der Waals surface area contributed by atoms with Crippen LogP contribution in [-0.2, 0) is 0 Å². The normalized spacial score (nSPS) is 11.1. The Hall–Kier alpha value is -3.35. The molecule has 0 atom stereocenters. The number of nitrogens with zero attached hydrogens (tertiary/aromatic N) is 2. The lowest BCUT2D eigenvalue weighted by Crippen LogP contribution is -2.23. The lowest BCUT2D eigenvalue weighted by Gasteiger charge is -2.05. The van der Waals surface area contributed by atoms with Gasteiger partial charge in [-0.25, -0.2) is 9.97 Å². The van der Waals surface area contributed by atoms with Gasteiger partial charge in [-0.05, 0) is 30.0 Å². The highest BCUT2D eigenvalue weighted by molar-refractivity contribution is 6.04. The lowest BCUT2D eigenvalue weighted by atomic mass is 10.2. The Labute approximate surface area is 143 Å². The van der Waals surface area contributed by atoms with E-state index in [1.54, 1.807) is 6.20 Å². The third kappa shape index (κ3) is 2.91.